The Hall–Kier alpha value is -1.04. The van der Waals surface area contributed by atoms with Gasteiger partial charge in [0.05, 0.1) is 0 Å². The van der Waals surface area contributed by atoms with Crippen LogP contribution in [0, 0.1) is 11.8 Å². The average Bonchev–Trinajstić information content (AvgIpc) is 2.80. The quantitative estimate of drug-likeness (QED) is 0.567. The lowest BCUT2D eigenvalue weighted by atomic mass is 9.87. The molecule has 3 rings (SSSR count). The van der Waals surface area contributed by atoms with Crippen LogP contribution >= 0.6 is 0 Å². The molecule has 0 nitrogen and oxygen atoms in total. The number of benzene rings is 1. The van der Waals surface area contributed by atoms with E-state index in [1.807, 2.05) is 0 Å². The highest BCUT2D eigenvalue weighted by molar-refractivity contribution is 5.27. The van der Waals surface area contributed by atoms with E-state index in [9.17, 15) is 0 Å². The Morgan fingerprint density at radius 2 is 1.77 bits per heavy atom. The molecule has 0 N–H and O–H groups in total. The summed E-state index contributed by atoms with van der Waals surface area (Å²) in [4.78, 5) is 0. The second-order valence-corrected chi connectivity index (χ2v) is 4.30. The lowest BCUT2D eigenvalue weighted by Crippen LogP contribution is -2.04. The smallest absolute Gasteiger partial charge is 0.00932 e. The van der Waals surface area contributed by atoms with E-state index in [1.54, 1.807) is 5.56 Å². The summed E-state index contributed by atoms with van der Waals surface area (Å²) in [6.07, 6.45) is 7.61. The molecule has 66 valence electrons. The van der Waals surface area contributed by atoms with Crippen molar-refractivity contribution in [3.8, 4) is 0 Å². The molecule has 1 saturated carbocycles. The molecule has 0 amide bonds. The molecule has 1 aromatic rings. The molecule has 0 saturated heterocycles. The molecule has 0 radical (unpaired) electrons. The molecule has 1 aromatic carbocycles. The van der Waals surface area contributed by atoms with Gasteiger partial charge in [0.2, 0.25) is 0 Å². The Labute approximate surface area is 79.3 Å². The van der Waals surface area contributed by atoms with Crippen molar-refractivity contribution in [2.24, 2.45) is 11.8 Å². The van der Waals surface area contributed by atoms with Gasteiger partial charge < -0.3 is 0 Å². The Kier molecular flexibility index (Phi) is 1.55. The third-order valence-electron chi connectivity index (χ3n) is 3.51. The molecule has 2 aliphatic carbocycles. The van der Waals surface area contributed by atoms with Gasteiger partial charge in [0.25, 0.3) is 0 Å². The fraction of sp³-hybridized carbons (Fsp3) is 0.385. The van der Waals surface area contributed by atoms with Crippen molar-refractivity contribution >= 4 is 0 Å². The summed E-state index contributed by atoms with van der Waals surface area (Å²) in [5.41, 5.74) is 1.54. The molecule has 3 atom stereocenters. The Balaban J connectivity index is 1.92. The molecular formula is C13H14. The maximum atomic E-state index is 2.42. The molecule has 0 aliphatic heterocycles. The summed E-state index contributed by atoms with van der Waals surface area (Å²) < 4.78 is 0. The van der Waals surface area contributed by atoms with Crippen molar-refractivity contribution in [1.29, 1.82) is 0 Å². The monoisotopic (exact) mass is 170 g/mol. The molecule has 2 bridgehead atoms. The summed E-state index contributed by atoms with van der Waals surface area (Å²) in [6.45, 7) is 0. The fourth-order valence-electron chi connectivity index (χ4n) is 2.86. The van der Waals surface area contributed by atoms with Gasteiger partial charge in [0.1, 0.15) is 0 Å². The minimum absolute atomic E-state index is 0.816. The summed E-state index contributed by atoms with van der Waals surface area (Å²) in [7, 11) is 0. The van der Waals surface area contributed by atoms with Crippen molar-refractivity contribution in [1.82, 2.24) is 0 Å². The predicted octanol–water partition coefficient (Wildman–Crippen LogP) is 3.37. The van der Waals surface area contributed by atoms with Gasteiger partial charge in [-0.25, -0.2) is 0 Å². The van der Waals surface area contributed by atoms with E-state index >= 15 is 0 Å². The number of hydrogen-bond donors (Lipinski definition) is 0. The van der Waals surface area contributed by atoms with Crippen LogP contribution in [0.1, 0.15) is 24.3 Å². The SMILES string of the molecule is C1=C[C@H]2C[C@H]1C[C@H]2c1ccccc1. The zero-order chi connectivity index (χ0) is 8.67. The highest BCUT2D eigenvalue weighted by atomic mass is 14.4. The van der Waals surface area contributed by atoms with E-state index < -0.39 is 0 Å². The van der Waals surface area contributed by atoms with Crippen molar-refractivity contribution in [3.05, 3.63) is 48.0 Å². The maximum absolute atomic E-state index is 2.42. The van der Waals surface area contributed by atoms with Gasteiger partial charge >= 0.3 is 0 Å². The largest absolute Gasteiger partial charge is 0.0851 e. The minimum atomic E-state index is 0.816. The standard InChI is InChI=1S/C13H14/c1-2-4-11(5-3-1)13-9-10-6-7-12(13)8-10/h1-7,10,12-13H,8-9H2/t10-,12-,13-/m0/s1. The first-order chi connectivity index (χ1) is 6.43. The first-order valence-corrected chi connectivity index (χ1v) is 5.17. The number of allylic oxidation sites excluding steroid dienone is 2. The van der Waals surface area contributed by atoms with E-state index in [2.05, 4.69) is 42.5 Å². The van der Waals surface area contributed by atoms with Gasteiger partial charge in [0, 0.05) is 0 Å². The molecule has 1 fully saturated rings. The summed E-state index contributed by atoms with van der Waals surface area (Å²) in [6, 6.07) is 11.0. The zero-order valence-corrected chi connectivity index (χ0v) is 7.69. The van der Waals surface area contributed by atoms with E-state index in [0.717, 1.165) is 17.8 Å². The maximum Gasteiger partial charge on any atom is -0.00932 e. The highest BCUT2D eigenvalue weighted by Crippen LogP contribution is 2.48. The second kappa shape index (κ2) is 2.73. The van der Waals surface area contributed by atoms with E-state index in [4.69, 9.17) is 0 Å². The topological polar surface area (TPSA) is 0 Å². The molecule has 0 heteroatoms. The normalized spacial score (nSPS) is 35.5. The fourth-order valence-corrected chi connectivity index (χ4v) is 2.86. The van der Waals surface area contributed by atoms with Gasteiger partial charge in [-0.15, -0.1) is 0 Å². The number of fused-ring (bicyclic) bond motifs is 2. The molecule has 0 spiro atoms. The molecular weight excluding hydrogens is 156 g/mol. The van der Waals surface area contributed by atoms with Crippen LogP contribution in [-0.2, 0) is 0 Å². The van der Waals surface area contributed by atoms with Crippen LogP contribution in [0.3, 0.4) is 0 Å². The van der Waals surface area contributed by atoms with Gasteiger partial charge in [-0.3, -0.25) is 0 Å². The molecule has 2 aliphatic rings. The van der Waals surface area contributed by atoms with Crippen molar-refractivity contribution in [2.75, 3.05) is 0 Å². The molecule has 0 aromatic heterocycles. The first-order valence-electron chi connectivity index (χ1n) is 5.17. The Morgan fingerprint density at radius 3 is 2.38 bits per heavy atom. The van der Waals surface area contributed by atoms with Crippen LogP contribution in [0.2, 0.25) is 0 Å². The van der Waals surface area contributed by atoms with Crippen molar-refractivity contribution in [2.45, 2.75) is 18.8 Å². The van der Waals surface area contributed by atoms with Crippen molar-refractivity contribution in [3.63, 3.8) is 0 Å². The van der Waals surface area contributed by atoms with Crippen LogP contribution < -0.4 is 0 Å². The van der Waals surface area contributed by atoms with Gasteiger partial charge in [-0.1, -0.05) is 42.5 Å². The van der Waals surface area contributed by atoms with Crippen LogP contribution in [-0.4, -0.2) is 0 Å². The van der Waals surface area contributed by atoms with Gasteiger partial charge in [-0.05, 0) is 36.2 Å². The Bertz CT molecular complexity index is 323. The summed E-state index contributed by atoms with van der Waals surface area (Å²) >= 11 is 0. The Morgan fingerprint density at radius 1 is 0.923 bits per heavy atom. The first kappa shape index (κ1) is 7.37. The lowest BCUT2D eigenvalue weighted by Gasteiger charge is -2.17. The van der Waals surface area contributed by atoms with E-state index in [0.29, 0.717) is 0 Å². The van der Waals surface area contributed by atoms with Crippen LogP contribution in [0.15, 0.2) is 42.5 Å². The van der Waals surface area contributed by atoms with Crippen LogP contribution in [0.4, 0.5) is 0 Å². The third-order valence-corrected chi connectivity index (χ3v) is 3.51. The van der Waals surface area contributed by atoms with Crippen LogP contribution in [0.5, 0.6) is 0 Å². The number of hydrogen-bond acceptors (Lipinski definition) is 0. The van der Waals surface area contributed by atoms with Gasteiger partial charge in [0.15, 0.2) is 0 Å². The minimum Gasteiger partial charge on any atom is -0.0851 e. The molecule has 0 unspecified atom stereocenters. The molecule has 13 heavy (non-hydrogen) atoms. The van der Waals surface area contributed by atoms with Gasteiger partial charge in [-0.2, -0.15) is 0 Å². The molecule has 0 heterocycles. The lowest BCUT2D eigenvalue weighted by molar-refractivity contribution is 0.585. The average molecular weight is 170 g/mol. The third kappa shape index (κ3) is 1.13. The van der Waals surface area contributed by atoms with E-state index in [-0.39, 0.29) is 0 Å². The van der Waals surface area contributed by atoms with E-state index in [1.165, 1.54) is 12.8 Å². The number of rotatable bonds is 1. The summed E-state index contributed by atoms with van der Waals surface area (Å²) in [5.74, 6) is 2.54. The zero-order valence-electron chi connectivity index (χ0n) is 7.69. The predicted molar refractivity (Wildman–Crippen MR) is 54.5 cm³/mol. The van der Waals surface area contributed by atoms with Crippen molar-refractivity contribution < 1.29 is 0 Å². The van der Waals surface area contributed by atoms with Crippen LogP contribution in [0.25, 0.3) is 0 Å². The second-order valence-electron chi connectivity index (χ2n) is 4.30. The summed E-state index contributed by atoms with van der Waals surface area (Å²) in [5, 5.41) is 0. The highest BCUT2D eigenvalue weighted by Gasteiger charge is 2.35.